The minimum absolute atomic E-state index is 0.134. The van der Waals surface area contributed by atoms with E-state index in [4.69, 9.17) is 0 Å². The van der Waals surface area contributed by atoms with Crippen LogP contribution in [-0.4, -0.2) is 25.4 Å². The molecule has 7 heteroatoms. The monoisotopic (exact) mass is 333 g/mol. The fourth-order valence-corrected chi connectivity index (χ4v) is 3.12. The quantitative estimate of drug-likeness (QED) is 0.836. The highest BCUT2D eigenvalue weighted by Crippen LogP contribution is 2.10. The number of pyridine rings is 1. The molecule has 1 aromatic carbocycles. The van der Waals surface area contributed by atoms with Crippen LogP contribution in [0.15, 0.2) is 53.7 Å². The highest BCUT2D eigenvalue weighted by Gasteiger charge is 2.21. The predicted molar refractivity (Wildman–Crippen MR) is 87.0 cm³/mol. The minimum Gasteiger partial charge on any atom is -0.351 e. The Morgan fingerprint density at radius 3 is 2.52 bits per heavy atom. The van der Waals surface area contributed by atoms with Crippen molar-refractivity contribution in [1.82, 2.24) is 15.0 Å². The van der Waals surface area contributed by atoms with Crippen LogP contribution in [0.3, 0.4) is 0 Å². The summed E-state index contributed by atoms with van der Waals surface area (Å²) in [5.74, 6) is -0.399. The molecule has 0 saturated carbocycles. The van der Waals surface area contributed by atoms with Gasteiger partial charge in [0.2, 0.25) is 15.9 Å². The molecule has 0 fully saturated rings. The smallest absolute Gasteiger partial charge is 0.241 e. The van der Waals surface area contributed by atoms with E-state index in [0.29, 0.717) is 6.54 Å². The number of hydrogen-bond acceptors (Lipinski definition) is 4. The third-order valence-corrected chi connectivity index (χ3v) is 4.80. The summed E-state index contributed by atoms with van der Waals surface area (Å²) >= 11 is 0. The molecule has 0 bridgehead atoms. The Hall–Kier alpha value is -2.25. The second-order valence-electron chi connectivity index (χ2n) is 5.24. The summed E-state index contributed by atoms with van der Waals surface area (Å²) in [6.45, 7) is 3.67. The molecule has 1 aromatic heterocycles. The minimum atomic E-state index is -3.73. The third kappa shape index (κ3) is 4.87. The van der Waals surface area contributed by atoms with Gasteiger partial charge in [-0.1, -0.05) is 23.8 Å². The first-order valence-corrected chi connectivity index (χ1v) is 8.62. The number of carbonyl (C=O) groups excluding carboxylic acids is 1. The van der Waals surface area contributed by atoms with E-state index < -0.39 is 22.0 Å². The predicted octanol–water partition coefficient (Wildman–Crippen LogP) is 1.37. The number of rotatable bonds is 6. The molecular formula is C16H19N3O3S. The largest absolute Gasteiger partial charge is 0.351 e. The van der Waals surface area contributed by atoms with Crippen LogP contribution in [0, 0.1) is 6.92 Å². The molecule has 0 aliphatic carbocycles. The van der Waals surface area contributed by atoms with E-state index in [2.05, 4.69) is 15.0 Å². The molecule has 0 saturated heterocycles. The topological polar surface area (TPSA) is 88.2 Å². The Labute approximate surface area is 136 Å². The second-order valence-corrected chi connectivity index (χ2v) is 6.95. The van der Waals surface area contributed by atoms with Crippen molar-refractivity contribution in [2.75, 3.05) is 0 Å². The fourth-order valence-electron chi connectivity index (χ4n) is 1.92. The number of aryl methyl sites for hydroxylation is 1. The van der Waals surface area contributed by atoms with Crippen LogP contribution < -0.4 is 10.0 Å². The normalized spacial score (nSPS) is 12.6. The van der Waals surface area contributed by atoms with Gasteiger partial charge in [0.1, 0.15) is 0 Å². The molecule has 0 aliphatic rings. The van der Waals surface area contributed by atoms with Crippen molar-refractivity contribution in [3.8, 4) is 0 Å². The molecule has 6 nitrogen and oxygen atoms in total. The summed E-state index contributed by atoms with van der Waals surface area (Å²) in [4.78, 5) is 16.1. The molecule has 1 atom stereocenters. The lowest BCUT2D eigenvalue weighted by atomic mass is 10.2. The first-order valence-electron chi connectivity index (χ1n) is 7.14. The van der Waals surface area contributed by atoms with Crippen molar-refractivity contribution in [3.05, 3.63) is 59.9 Å². The number of hydrogen-bond donors (Lipinski definition) is 2. The van der Waals surface area contributed by atoms with E-state index in [1.807, 2.05) is 13.0 Å². The second kappa shape index (κ2) is 7.34. The fraction of sp³-hybridized carbons (Fsp3) is 0.250. The number of aromatic nitrogens is 1. The van der Waals surface area contributed by atoms with Crippen LogP contribution >= 0.6 is 0 Å². The van der Waals surface area contributed by atoms with Crippen LogP contribution in [0.2, 0.25) is 0 Å². The van der Waals surface area contributed by atoms with Gasteiger partial charge in [0.25, 0.3) is 0 Å². The lowest BCUT2D eigenvalue weighted by Crippen LogP contribution is -2.44. The summed E-state index contributed by atoms with van der Waals surface area (Å²) in [7, 11) is -3.73. The van der Waals surface area contributed by atoms with Crippen molar-refractivity contribution in [3.63, 3.8) is 0 Å². The van der Waals surface area contributed by atoms with Gasteiger partial charge in [-0.3, -0.25) is 9.78 Å². The average molecular weight is 333 g/mol. The number of amides is 1. The Kier molecular flexibility index (Phi) is 5.46. The van der Waals surface area contributed by atoms with Crippen LogP contribution in [-0.2, 0) is 21.4 Å². The number of nitrogens with one attached hydrogen (secondary N) is 2. The maximum Gasteiger partial charge on any atom is 0.241 e. The van der Waals surface area contributed by atoms with Crippen LogP contribution in [0.4, 0.5) is 0 Å². The van der Waals surface area contributed by atoms with Gasteiger partial charge in [0, 0.05) is 18.9 Å². The molecular weight excluding hydrogens is 314 g/mol. The van der Waals surface area contributed by atoms with Gasteiger partial charge in [-0.25, -0.2) is 8.42 Å². The van der Waals surface area contributed by atoms with E-state index in [1.165, 1.54) is 19.1 Å². The Bertz CT molecular complexity index is 759. The van der Waals surface area contributed by atoms with E-state index in [9.17, 15) is 13.2 Å². The highest BCUT2D eigenvalue weighted by molar-refractivity contribution is 7.89. The van der Waals surface area contributed by atoms with Crippen molar-refractivity contribution in [2.45, 2.75) is 31.3 Å². The maximum atomic E-state index is 12.2. The van der Waals surface area contributed by atoms with Crippen molar-refractivity contribution in [2.24, 2.45) is 0 Å². The van der Waals surface area contributed by atoms with E-state index >= 15 is 0 Å². The summed E-state index contributed by atoms with van der Waals surface area (Å²) in [6.07, 6.45) is 3.28. The standard InChI is InChI=1S/C16H19N3O3S/c1-12-5-7-15(8-6-12)23(21,22)19-13(2)16(20)18-11-14-4-3-9-17-10-14/h3-10,13,19H,11H2,1-2H3,(H,18,20). The summed E-state index contributed by atoms with van der Waals surface area (Å²) in [5, 5.41) is 2.68. The van der Waals surface area contributed by atoms with E-state index in [-0.39, 0.29) is 4.90 Å². The number of benzene rings is 1. The van der Waals surface area contributed by atoms with Gasteiger partial charge in [0.05, 0.1) is 10.9 Å². The number of sulfonamides is 1. The average Bonchev–Trinajstić information content (AvgIpc) is 2.53. The molecule has 1 unspecified atom stereocenters. The molecule has 1 heterocycles. The van der Waals surface area contributed by atoms with Gasteiger partial charge in [-0.05, 0) is 37.6 Å². The first kappa shape index (κ1) is 17.1. The van der Waals surface area contributed by atoms with Crippen LogP contribution in [0.1, 0.15) is 18.1 Å². The van der Waals surface area contributed by atoms with Gasteiger partial charge in [-0.15, -0.1) is 0 Å². The third-order valence-electron chi connectivity index (χ3n) is 3.25. The maximum absolute atomic E-state index is 12.2. The van der Waals surface area contributed by atoms with Gasteiger partial charge in [-0.2, -0.15) is 4.72 Å². The number of carbonyl (C=O) groups is 1. The van der Waals surface area contributed by atoms with Crippen molar-refractivity contribution in [1.29, 1.82) is 0 Å². The Balaban J connectivity index is 1.96. The molecule has 0 spiro atoms. The highest BCUT2D eigenvalue weighted by atomic mass is 32.2. The van der Waals surface area contributed by atoms with Crippen molar-refractivity contribution >= 4 is 15.9 Å². The zero-order chi connectivity index (χ0) is 16.9. The Morgan fingerprint density at radius 1 is 1.22 bits per heavy atom. The summed E-state index contributed by atoms with van der Waals surface area (Å²) in [6, 6.07) is 9.16. The molecule has 2 aromatic rings. The molecule has 23 heavy (non-hydrogen) atoms. The van der Waals surface area contributed by atoms with E-state index in [0.717, 1.165) is 11.1 Å². The van der Waals surface area contributed by atoms with Gasteiger partial charge < -0.3 is 5.32 Å². The molecule has 2 N–H and O–H groups in total. The number of nitrogens with zero attached hydrogens (tertiary/aromatic N) is 1. The first-order chi connectivity index (χ1) is 10.9. The van der Waals surface area contributed by atoms with Gasteiger partial charge >= 0.3 is 0 Å². The summed E-state index contributed by atoms with van der Waals surface area (Å²) < 4.78 is 26.8. The lowest BCUT2D eigenvalue weighted by Gasteiger charge is -2.14. The van der Waals surface area contributed by atoms with Crippen LogP contribution in [0.25, 0.3) is 0 Å². The SMILES string of the molecule is Cc1ccc(S(=O)(=O)NC(C)C(=O)NCc2cccnc2)cc1. The molecule has 122 valence electrons. The van der Waals surface area contributed by atoms with Gasteiger partial charge in [0.15, 0.2) is 0 Å². The van der Waals surface area contributed by atoms with Crippen molar-refractivity contribution < 1.29 is 13.2 Å². The molecule has 1 amide bonds. The Morgan fingerprint density at radius 2 is 1.91 bits per heavy atom. The zero-order valence-electron chi connectivity index (χ0n) is 13.0. The molecule has 0 radical (unpaired) electrons. The summed E-state index contributed by atoms with van der Waals surface area (Å²) in [5.41, 5.74) is 1.81. The zero-order valence-corrected chi connectivity index (χ0v) is 13.8. The lowest BCUT2D eigenvalue weighted by molar-refractivity contribution is -0.122. The van der Waals surface area contributed by atoms with Crippen LogP contribution in [0.5, 0.6) is 0 Å². The van der Waals surface area contributed by atoms with E-state index in [1.54, 1.807) is 30.6 Å². The molecule has 2 rings (SSSR count). The molecule has 0 aliphatic heterocycles.